The molecule has 0 N–H and O–H groups in total. The average Bonchev–Trinajstić information content (AvgIpc) is 2.03. The second kappa shape index (κ2) is 3.93. The Morgan fingerprint density at radius 2 is 1.77 bits per heavy atom. The van der Waals surface area contributed by atoms with Crippen molar-refractivity contribution >= 4 is 11.3 Å². The van der Waals surface area contributed by atoms with E-state index in [0.717, 1.165) is 4.31 Å². The zero-order valence-corrected chi connectivity index (χ0v) is 7.53. The van der Waals surface area contributed by atoms with Gasteiger partial charge in [0.15, 0.2) is 0 Å². The first kappa shape index (κ1) is 10.9. The van der Waals surface area contributed by atoms with E-state index in [-0.39, 0.29) is 25.9 Å². The minimum Gasteiger partial charge on any atom is -0.760 e. The molecule has 1 atom stereocenters. The molecule has 78 valence electrons. The van der Waals surface area contributed by atoms with Gasteiger partial charge in [-0.2, -0.15) is 13.2 Å². The van der Waals surface area contributed by atoms with Gasteiger partial charge in [0.25, 0.3) is 0 Å². The molecule has 7 heteroatoms. The summed E-state index contributed by atoms with van der Waals surface area (Å²) in [5, 5.41) is 0. The molecule has 1 fully saturated rings. The summed E-state index contributed by atoms with van der Waals surface area (Å²) >= 11 is -2.38. The first-order valence-electron chi connectivity index (χ1n) is 3.82. The molecule has 0 radical (unpaired) electrons. The highest BCUT2D eigenvalue weighted by Crippen LogP contribution is 2.34. The molecule has 0 spiro atoms. The normalized spacial score (nSPS) is 24.6. The van der Waals surface area contributed by atoms with Crippen molar-refractivity contribution in [3.63, 3.8) is 0 Å². The molecule has 0 aromatic rings. The van der Waals surface area contributed by atoms with Gasteiger partial charge in [0.05, 0.1) is 5.92 Å². The Hall–Kier alpha value is -0.140. The monoisotopic (exact) mass is 216 g/mol. The summed E-state index contributed by atoms with van der Waals surface area (Å²) in [6.45, 7) is -0.0550. The number of piperidine rings is 1. The number of rotatable bonds is 1. The maximum atomic E-state index is 12.1. The quantitative estimate of drug-likeness (QED) is 0.615. The van der Waals surface area contributed by atoms with Crippen LogP contribution >= 0.6 is 0 Å². The van der Waals surface area contributed by atoms with Crippen molar-refractivity contribution < 1.29 is 21.9 Å². The molecule has 1 aliphatic heterocycles. The largest absolute Gasteiger partial charge is 0.760 e. The number of hydrogen-bond donors (Lipinski definition) is 0. The van der Waals surface area contributed by atoms with Gasteiger partial charge in [-0.15, -0.1) is 0 Å². The topological polar surface area (TPSA) is 43.4 Å². The summed E-state index contributed by atoms with van der Waals surface area (Å²) < 4.78 is 58.0. The third kappa shape index (κ3) is 2.92. The lowest BCUT2D eigenvalue weighted by atomic mass is 9.98. The molecule has 1 saturated heterocycles. The van der Waals surface area contributed by atoms with E-state index in [1.807, 2.05) is 0 Å². The fourth-order valence-electron chi connectivity index (χ4n) is 1.33. The van der Waals surface area contributed by atoms with Crippen LogP contribution < -0.4 is 0 Å². The number of hydrogen-bond acceptors (Lipinski definition) is 2. The fraction of sp³-hybridized carbons (Fsp3) is 1.00. The minimum absolute atomic E-state index is 0.0275. The van der Waals surface area contributed by atoms with Crippen molar-refractivity contribution in [3.8, 4) is 0 Å². The Morgan fingerprint density at radius 1 is 1.31 bits per heavy atom. The van der Waals surface area contributed by atoms with Gasteiger partial charge in [-0.25, -0.2) is 4.31 Å². The molecule has 0 bridgehead atoms. The maximum absolute atomic E-state index is 12.1. The lowest BCUT2D eigenvalue weighted by Gasteiger charge is -2.33. The first-order valence-corrected chi connectivity index (χ1v) is 4.85. The van der Waals surface area contributed by atoms with Gasteiger partial charge in [0, 0.05) is 24.4 Å². The van der Waals surface area contributed by atoms with Crippen LogP contribution in [0.3, 0.4) is 0 Å². The smallest absolute Gasteiger partial charge is 0.391 e. The number of nitrogens with zero attached hydrogens (tertiary/aromatic N) is 1. The molecule has 0 saturated carbocycles. The van der Waals surface area contributed by atoms with Crippen molar-refractivity contribution in [2.45, 2.75) is 19.0 Å². The van der Waals surface area contributed by atoms with Crippen LogP contribution in [0.25, 0.3) is 0 Å². The van der Waals surface area contributed by atoms with Crippen LogP contribution in [0, 0.1) is 5.92 Å². The molecule has 0 aliphatic carbocycles. The van der Waals surface area contributed by atoms with Crippen molar-refractivity contribution in [1.29, 1.82) is 0 Å². The molecule has 1 unspecified atom stereocenters. The highest BCUT2D eigenvalue weighted by Gasteiger charge is 2.41. The molecule has 1 aliphatic rings. The summed E-state index contributed by atoms with van der Waals surface area (Å²) in [5.41, 5.74) is 0. The molecule has 1 rings (SSSR count). The summed E-state index contributed by atoms with van der Waals surface area (Å²) in [5.74, 6) is -1.34. The lowest BCUT2D eigenvalue weighted by molar-refractivity contribution is -0.182. The van der Waals surface area contributed by atoms with Crippen LogP contribution in [0.4, 0.5) is 13.2 Å². The zero-order valence-electron chi connectivity index (χ0n) is 6.71. The van der Waals surface area contributed by atoms with E-state index in [0.29, 0.717) is 0 Å². The minimum atomic E-state index is -4.18. The predicted octanol–water partition coefficient (Wildman–Crippen LogP) is 1.05. The van der Waals surface area contributed by atoms with E-state index in [2.05, 4.69) is 0 Å². The lowest BCUT2D eigenvalue weighted by Crippen LogP contribution is -2.39. The van der Waals surface area contributed by atoms with E-state index in [9.17, 15) is 21.9 Å². The van der Waals surface area contributed by atoms with Crippen molar-refractivity contribution in [2.24, 2.45) is 5.92 Å². The van der Waals surface area contributed by atoms with E-state index >= 15 is 0 Å². The third-order valence-electron chi connectivity index (χ3n) is 2.13. The van der Waals surface area contributed by atoms with Gasteiger partial charge in [-0.05, 0) is 12.8 Å². The molecular formula is C6H9F3NO2S-. The van der Waals surface area contributed by atoms with Crippen LogP contribution in [0.5, 0.6) is 0 Å². The Kier molecular flexibility index (Phi) is 3.31. The first-order chi connectivity index (χ1) is 5.91. The Balaban J connectivity index is 2.44. The highest BCUT2D eigenvalue weighted by molar-refractivity contribution is 7.76. The Bertz CT molecular complexity index is 201. The fourth-order valence-corrected chi connectivity index (χ4v) is 1.84. The zero-order chi connectivity index (χ0) is 10.1. The standard InChI is InChI=1S/C6H10F3NO2S/c7-6(8,9)5-1-3-10(4-2-5)13(11)12/h5H,1-4H2,(H,11,12)/p-1. The average molecular weight is 216 g/mol. The van der Waals surface area contributed by atoms with E-state index < -0.39 is 23.4 Å². The second-order valence-electron chi connectivity index (χ2n) is 2.96. The second-order valence-corrected chi connectivity index (χ2v) is 3.91. The van der Waals surface area contributed by atoms with Crippen LogP contribution in [0.15, 0.2) is 0 Å². The molecule has 13 heavy (non-hydrogen) atoms. The maximum Gasteiger partial charge on any atom is 0.391 e. The highest BCUT2D eigenvalue weighted by atomic mass is 32.2. The van der Waals surface area contributed by atoms with Crippen LogP contribution in [0.1, 0.15) is 12.8 Å². The van der Waals surface area contributed by atoms with Crippen molar-refractivity contribution in [1.82, 2.24) is 4.31 Å². The van der Waals surface area contributed by atoms with E-state index in [1.165, 1.54) is 0 Å². The van der Waals surface area contributed by atoms with Gasteiger partial charge < -0.3 is 4.55 Å². The van der Waals surface area contributed by atoms with Crippen molar-refractivity contribution in [2.75, 3.05) is 13.1 Å². The predicted molar refractivity (Wildman–Crippen MR) is 39.3 cm³/mol. The third-order valence-corrected chi connectivity index (χ3v) is 2.91. The van der Waals surface area contributed by atoms with E-state index in [1.54, 1.807) is 0 Å². The summed E-state index contributed by atoms with van der Waals surface area (Å²) in [7, 11) is 0. The van der Waals surface area contributed by atoms with Crippen LogP contribution in [-0.2, 0) is 11.3 Å². The molecule has 1 heterocycles. The Labute approximate surface area is 76.3 Å². The SMILES string of the molecule is O=S([O-])N1CCC(C(F)(F)F)CC1. The van der Waals surface area contributed by atoms with Gasteiger partial charge in [0.1, 0.15) is 0 Å². The van der Waals surface area contributed by atoms with Gasteiger partial charge in [-0.3, -0.25) is 4.21 Å². The van der Waals surface area contributed by atoms with Gasteiger partial charge >= 0.3 is 6.18 Å². The van der Waals surface area contributed by atoms with Gasteiger partial charge in [0.2, 0.25) is 0 Å². The molecule has 0 aromatic carbocycles. The Morgan fingerprint density at radius 3 is 2.08 bits per heavy atom. The van der Waals surface area contributed by atoms with Crippen molar-refractivity contribution in [3.05, 3.63) is 0 Å². The summed E-state index contributed by atoms with van der Waals surface area (Å²) in [4.78, 5) is 0. The van der Waals surface area contributed by atoms with Gasteiger partial charge in [-0.1, -0.05) is 0 Å². The molecule has 3 nitrogen and oxygen atoms in total. The summed E-state index contributed by atoms with van der Waals surface area (Å²) in [6, 6.07) is 0. The molecule has 0 amide bonds. The van der Waals surface area contributed by atoms with Crippen LogP contribution in [0.2, 0.25) is 0 Å². The van der Waals surface area contributed by atoms with Crippen LogP contribution in [-0.4, -0.2) is 32.3 Å². The molecular weight excluding hydrogens is 207 g/mol. The molecule has 0 aromatic heterocycles. The number of halogens is 3. The summed E-state index contributed by atoms with van der Waals surface area (Å²) in [6.07, 6.45) is -4.44. The number of alkyl halides is 3. The van der Waals surface area contributed by atoms with E-state index in [4.69, 9.17) is 0 Å².